The van der Waals surface area contributed by atoms with Crippen LogP contribution in [0.3, 0.4) is 0 Å². The van der Waals surface area contributed by atoms with Crippen molar-refractivity contribution in [3.8, 4) is 0 Å². The Labute approximate surface area is 94.8 Å². The van der Waals surface area contributed by atoms with Gasteiger partial charge < -0.3 is 16.8 Å². The molecule has 1 aromatic rings. The molecule has 1 aromatic heterocycles. The minimum atomic E-state index is -0.690. The van der Waals surface area contributed by atoms with Crippen LogP contribution < -0.4 is 33.5 Å². The number of aliphatic imine (C=N–C) groups is 2. The predicted octanol–water partition coefficient (Wildman–Crippen LogP) is -3.21. The Morgan fingerprint density at radius 1 is 1.29 bits per heavy atom. The van der Waals surface area contributed by atoms with Gasteiger partial charge >= 0.3 is 0 Å². The minimum absolute atomic E-state index is 0.0341. The largest absolute Gasteiger partial charge is 0.368 e. The average molecular weight is 237 g/mol. The average Bonchev–Trinajstić information content (AvgIpc) is 2.13. The van der Waals surface area contributed by atoms with Crippen LogP contribution in [-0.4, -0.2) is 33.2 Å². The number of aromatic amines is 1. The van der Waals surface area contributed by atoms with Gasteiger partial charge in [0.15, 0.2) is 6.29 Å². The summed E-state index contributed by atoms with van der Waals surface area (Å²) in [7, 11) is 0. The molecule has 0 aromatic carbocycles. The molecular weight excluding hydrogens is 226 g/mol. The number of hydrogen-bond donors (Lipinski definition) is 7. The number of nitrogen functional groups attached to an aromatic ring is 1. The highest BCUT2D eigenvalue weighted by Crippen LogP contribution is 1.97. The van der Waals surface area contributed by atoms with Crippen LogP contribution in [0.1, 0.15) is 0 Å². The monoisotopic (exact) mass is 237 g/mol. The third-order valence-electron chi connectivity index (χ3n) is 1.71. The van der Waals surface area contributed by atoms with Crippen molar-refractivity contribution in [1.82, 2.24) is 20.3 Å². The zero-order valence-corrected chi connectivity index (χ0v) is 8.60. The summed E-state index contributed by atoms with van der Waals surface area (Å²) < 4.78 is 0. The van der Waals surface area contributed by atoms with Gasteiger partial charge in [0.1, 0.15) is 0 Å². The molecule has 1 unspecified atom stereocenters. The number of rotatable bonds is 1. The number of anilines is 2. The van der Waals surface area contributed by atoms with Crippen molar-refractivity contribution in [2.45, 2.75) is 6.29 Å². The van der Waals surface area contributed by atoms with Crippen LogP contribution in [0, 0.1) is 5.41 Å². The van der Waals surface area contributed by atoms with Gasteiger partial charge in [-0.25, -0.2) is 4.99 Å². The van der Waals surface area contributed by atoms with Crippen LogP contribution >= 0.6 is 0 Å². The summed E-state index contributed by atoms with van der Waals surface area (Å²) in [6.07, 6.45) is -0.690. The molecule has 0 aliphatic carbocycles. The third-order valence-corrected chi connectivity index (χ3v) is 1.71. The second-order valence-electron chi connectivity index (χ2n) is 3.07. The van der Waals surface area contributed by atoms with E-state index in [1.165, 1.54) is 0 Å². The Bertz CT molecular complexity index is 539. The van der Waals surface area contributed by atoms with Gasteiger partial charge in [-0.15, -0.1) is 0 Å². The zero-order chi connectivity index (χ0) is 12.4. The second-order valence-corrected chi connectivity index (χ2v) is 3.07. The fourth-order valence-corrected chi connectivity index (χ4v) is 1.15. The number of nitrogens with one attached hydrogen (secondary N) is 4. The Kier molecular flexibility index (Phi) is 2.58. The third kappa shape index (κ3) is 2.66. The molecule has 1 atom stereocenters. The lowest BCUT2D eigenvalue weighted by molar-refractivity contribution is 0.655. The molecule has 0 saturated carbocycles. The predicted molar refractivity (Wildman–Crippen MR) is 60.4 cm³/mol. The van der Waals surface area contributed by atoms with E-state index in [-0.39, 0.29) is 29.4 Å². The van der Waals surface area contributed by atoms with Crippen molar-refractivity contribution >= 4 is 23.8 Å². The quantitative estimate of drug-likeness (QED) is 0.267. The number of nitrogens with two attached hydrogens (primary N) is 3. The molecule has 11 nitrogen and oxygen atoms in total. The summed E-state index contributed by atoms with van der Waals surface area (Å²) in [4.78, 5) is 17.5. The zero-order valence-electron chi connectivity index (χ0n) is 8.60. The topological polar surface area (TPSA) is 192 Å². The van der Waals surface area contributed by atoms with Crippen molar-refractivity contribution in [1.29, 1.82) is 5.41 Å². The first kappa shape index (κ1) is 10.8. The van der Waals surface area contributed by atoms with Crippen LogP contribution in [0.25, 0.3) is 0 Å². The summed E-state index contributed by atoms with van der Waals surface area (Å²) >= 11 is 0. The van der Waals surface area contributed by atoms with E-state index in [1.54, 1.807) is 0 Å². The van der Waals surface area contributed by atoms with Crippen molar-refractivity contribution in [2.75, 3.05) is 11.1 Å². The molecular formula is C6H11N11. The van der Waals surface area contributed by atoms with Gasteiger partial charge in [0.25, 0.3) is 0 Å². The van der Waals surface area contributed by atoms with E-state index >= 15 is 0 Å². The first-order chi connectivity index (χ1) is 8.02. The lowest BCUT2D eigenvalue weighted by Crippen LogP contribution is -2.48. The summed E-state index contributed by atoms with van der Waals surface area (Å²) in [6.45, 7) is 0. The summed E-state index contributed by atoms with van der Waals surface area (Å²) in [5, 5.41) is 12.7. The smallest absolute Gasteiger partial charge is 0.226 e. The molecule has 0 saturated heterocycles. The molecule has 1 aliphatic rings. The van der Waals surface area contributed by atoms with Gasteiger partial charge in [0.05, 0.1) is 0 Å². The minimum Gasteiger partial charge on any atom is -0.368 e. The van der Waals surface area contributed by atoms with Gasteiger partial charge in [-0.1, -0.05) is 0 Å². The fraction of sp³-hybridized carbons (Fsp3) is 0.167. The summed E-state index contributed by atoms with van der Waals surface area (Å²) in [5.74, 6) is 0.430. The number of hydrogen-bond acceptors (Lipinski definition) is 10. The van der Waals surface area contributed by atoms with E-state index in [9.17, 15) is 0 Å². The van der Waals surface area contributed by atoms with E-state index in [2.05, 4.69) is 35.6 Å². The highest BCUT2D eigenvalue weighted by atomic mass is 15.4. The van der Waals surface area contributed by atoms with Gasteiger partial charge in [0, 0.05) is 0 Å². The van der Waals surface area contributed by atoms with Crippen molar-refractivity contribution in [3.05, 3.63) is 5.62 Å². The number of nitrogens with zero attached hydrogens (tertiary/aromatic N) is 4. The Morgan fingerprint density at radius 3 is 2.71 bits per heavy atom. The number of aromatic nitrogens is 3. The molecule has 17 heavy (non-hydrogen) atoms. The van der Waals surface area contributed by atoms with Crippen LogP contribution in [0.15, 0.2) is 9.98 Å². The molecule has 1 aliphatic heterocycles. The summed E-state index contributed by atoms with van der Waals surface area (Å²) in [5.41, 5.74) is 16.2. The van der Waals surface area contributed by atoms with E-state index < -0.39 is 6.29 Å². The molecule has 10 N–H and O–H groups in total. The normalized spacial score (nSPS) is 19.0. The van der Waals surface area contributed by atoms with Gasteiger partial charge in [0.2, 0.25) is 29.4 Å². The first-order valence-corrected chi connectivity index (χ1v) is 4.52. The van der Waals surface area contributed by atoms with Crippen molar-refractivity contribution < 1.29 is 0 Å². The number of guanidine groups is 2. The maximum atomic E-state index is 7.31. The first-order valence-electron chi connectivity index (χ1n) is 4.52. The Balaban J connectivity index is 2.21. The second kappa shape index (κ2) is 4.05. The standard InChI is InChI=1S/C6H11N11/c7-1-11-2(8)14-5(13-1)17-6-15-3(9)12-4(10)16-6/h1H,7H2,(H8,8,9,10,11,12,13,14,15,16,17). The SMILES string of the molecule is N=c1nc(N)nc(NC2=NC(N)=NC(N)N2)[nH]1. The lowest BCUT2D eigenvalue weighted by atomic mass is 10.7. The molecule has 0 fully saturated rings. The van der Waals surface area contributed by atoms with Crippen LogP contribution in [0.2, 0.25) is 0 Å². The lowest BCUT2D eigenvalue weighted by Gasteiger charge is -2.18. The van der Waals surface area contributed by atoms with E-state index in [4.69, 9.17) is 22.6 Å². The maximum absolute atomic E-state index is 7.31. The van der Waals surface area contributed by atoms with E-state index in [0.717, 1.165) is 0 Å². The van der Waals surface area contributed by atoms with E-state index in [1.807, 2.05) is 0 Å². The highest BCUT2D eigenvalue weighted by molar-refractivity contribution is 6.02. The van der Waals surface area contributed by atoms with Crippen LogP contribution in [-0.2, 0) is 0 Å². The molecule has 0 spiro atoms. The van der Waals surface area contributed by atoms with Crippen LogP contribution in [0.4, 0.5) is 11.9 Å². The van der Waals surface area contributed by atoms with Gasteiger partial charge in [-0.05, 0) is 0 Å². The Morgan fingerprint density at radius 2 is 2.06 bits per heavy atom. The molecule has 2 rings (SSSR count). The molecule has 90 valence electrons. The van der Waals surface area contributed by atoms with Gasteiger partial charge in [-0.3, -0.25) is 21.4 Å². The van der Waals surface area contributed by atoms with E-state index in [0.29, 0.717) is 0 Å². The molecule has 2 heterocycles. The Hall–Kier alpha value is -2.69. The molecule has 0 radical (unpaired) electrons. The maximum Gasteiger partial charge on any atom is 0.226 e. The van der Waals surface area contributed by atoms with Gasteiger partial charge in [-0.2, -0.15) is 15.0 Å². The van der Waals surface area contributed by atoms with Crippen molar-refractivity contribution in [2.24, 2.45) is 21.5 Å². The summed E-state index contributed by atoms with van der Waals surface area (Å²) in [6, 6.07) is 0. The fourth-order valence-electron chi connectivity index (χ4n) is 1.15. The van der Waals surface area contributed by atoms with Crippen molar-refractivity contribution in [3.63, 3.8) is 0 Å². The molecule has 0 amide bonds. The van der Waals surface area contributed by atoms with Crippen LogP contribution in [0.5, 0.6) is 0 Å². The highest BCUT2D eigenvalue weighted by Gasteiger charge is 2.12. The number of H-pyrrole nitrogens is 1. The molecule has 11 heteroatoms. The molecule has 0 bridgehead atoms.